The van der Waals surface area contributed by atoms with Crippen LogP contribution in [-0.4, -0.2) is 63.9 Å². The highest BCUT2D eigenvalue weighted by Crippen LogP contribution is 2.23. The van der Waals surface area contributed by atoms with Crippen LogP contribution < -0.4 is 5.32 Å². The van der Waals surface area contributed by atoms with E-state index in [2.05, 4.69) is 5.32 Å². The van der Waals surface area contributed by atoms with Gasteiger partial charge in [-0.25, -0.2) is 8.42 Å². The van der Waals surface area contributed by atoms with E-state index < -0.39 is 16.1 Å². The van der Waals surface area contributed by atoms with E-state index >= 15 is 0 Å². The average Bonchev–Trinajstić information content (AvgIpc) is 3.07. The number of hydrogen-bond acceptors (Lipinski definition) is 5. The van der Waals surface area contributed by atoms with Gasteiger partial charge in [-0.1, -0.05) is 11.6 Å². The summed E-state index contributed by atoms with van der Waals surface area (Å²) in [5, 5.41) is 3.31. The van der Waals surface area contributed by atoms with Gasteiger partial charge in [-0.05, 0) is 37.1 Å². The highest BCUT2D eigenvalue weighted by atomic mass is 35.5. The summed E-state index contributed by atoms with van der Waals surface area (Å²) in [5.41, 5.74) is 0.585. The Bertz CT molecular complexity index is 666. The fraction of sp³-hybridized carbons (Fsp3) is 0.562. The van der Waals surface area contributed by atoms with E-state index in [-0.39, 0.29) is 18.3 Å². The van der Waals surface area contributed by atoms with E-state index in [1.54, 1.807) is 31.4 Å². The third kappa shape index (κ3) is 5.93. The molecule has 25 heavy (non-hydrogen) atoms. The average molecular weight is 391 g/mol. The molecule has 7 nitrogen and oxygen atoms in total. The van der Waals surface area contributed by atoms with Gasteiger partial charge in [-0.3, -0.25) is 4.79 Å². The molecular formula is C16H23ClN2O5S. The molecule has 0 aromatic heterocycles. The molecule has 2 rings (SSSR count). The van der Waals surface area contributed by atoms with Crippen LogP contribution in [0.3, 0.4) is 0 Å². The van der Waals surface area contributed by atoms with E-state index in [1.807, 2.05) is 0 Å². The molecule has 1 N–H and O–H groups in total. The second-order valence-electron chi connectivity index (χ2n) is 5.69. The monoisotopic (exact) mass is 390 g/mol. The zero-order chi connectivity index (χ0) is 18.3. The summed E-state index contributed by atoms with van der Waals surface area (Å²) < 4.78 is 36.3. The molecule has 0 spiro atoms. The molecule has 0 saturated carbocycles. The van der Waals surface area contributed by atoms with Gasteiger partial charge >= 0.3 is 0 Å². The molecule has 0 radical (unpaired) electrons. The number of carbonyl (C=O) groups excluding carboxylic acids is 1. The number of hydrogen-bond donors (Lipinski definition) is 1. The van der Waals surface area contributed by atoms with Crippen molar-refractivity contribution in [2.24, 2.45) is 0 Å². The standard InChI is InChI=1S/C16H23ClN2O5S/c1-23-9-10-24-11-12-25(21,22)19-8-2-3-15(19)16(20)18-14-6-4-13(17)5-7-14/h4-7,15H,2-3,8-12H2,1H3,(H,18,20). The maximum absolute atomic E-state index is 12.5. The van der Waals surface area contributed by atoms with Crippen molar-refractivity contribution < 1.29 is 22.7 Å². The minimum Gasteiger partial charge on any atom is -0.382 e. The van der Waals surface area contributed by atoms with Crippen molar-refractivity contribution in [2.45, 2.75) is 18.9 Å². The Labute approximate surface area is 153 Å². The Kier molecular flexibility index (Phi) is 7.64. The van der Waals surface area contributed by atoms with E-state index in [9.17, 15) is 13.2 Å². The van der Waals surface area contributed by atoms with Crippen molar-refractivity contribution in [1.29, 1.82) is 0 Å². The number of methoxy groups -OCH3 is 1. The second kappa shape index (κ2) is 9.49. The SMILES string of the molecule is COCCOCCS(=O)(=O)N1CCCC1C(=O)Nc1ccc(Cl)cc1. The lowest BCUT2D eigenvalue weighted by Crippen LogP contribution is -2.44. The third-order valence-electron chi connectivity index (χ3n) is 3.89. The Hall–Kier alpha value is -1.19. The molecule has 1 aromatic rings. The number of nitrogens with zero attached hydrogens (tertiary/aromatic N) is 1. The Morgan fingerprint density at radius 2 is 2.00 bits per heavy atom. The maximum Gasteiger partial charge on any atom is 0.242 e. The van der Waals surface area contributed by atoms with Crippen LogP contribution in [0.2, 0.25) is 5.02 Å². The molecule has 1 unspecified atom stereocenters. The minimum absolute atomic E-state index is 0.0771. The number of halogens is 1. The topological polar surface area (TPSA) is 84.9 Å². The van der Waals surface area contributed by atoms with Crippen LogP contribution in [0.25, 0.3) is 0 Å². The first kappa shape index (κ1) is 20.1. The smallest absolute Gasteiger partial charge is 0.242 e. The minimum atomic E-state index is -3.55. The summed E-state index contributed by atoms with van der Waals surface area (Å²) >= 11 is 5.82. The fourth-order valence-corrected chi connectivity index (χ4v) is 4.30. The molecule has 1 atom stereocenters. The predicted octanol–water partition coefficient (Wildman–Crippen LogP) is 1.74. The quantitative estimate of drug-likeness (QED) is 0.649. The van der Waals surface area contributed by atoms with E-state index in [4.69, 9.17) is 21.1 Å². The lowest BCUT2D eigenvalue weighted by Gasteiger charge is -2.23. The van der Waals surface area contributed by atoms with Crippen LogP contribution in [0.1, 0.15) is 12.8 Å². The van der Waals surface area contributed by atoms with Gasteiger partial charge in [0, 0.05) is 24.4 Å². The zero-order valence-corrected chi connectivity index (χ0v) is 15.7. The molecule has 1 aliphatic rings. The van der Waals surface area contributed by atoms with Gasteiger partial charge < -0.3 is 14.8 Å². The molecule has 1 fully saturated rings. The van der Waals surface area contributed by atoms with E-state index in [0.29, 0.717) is 43.3 Å². The number of carbonyl (C=O) groups is 1. The van der Waals surface area contributed by atoms with Gasteiger partial charge in [0.1, 0.15) is 6.04 Å². The number of benzene rings is 1. The third-order valence-corrected chi connectivity index (χ3v) is 5.98. The van der Waals surface area contributed by atoms with Crippen LogP contribution in [0, 0.1) is 0 Å². The van der Waals surface area contributed by atoms with Crippen LogP contribution in [-0.2, 0) is 24.3 Å². The molecule has 1 aromatic carbocycles. The van der Waals surface area contributed by atoms with Crippen LogP contribution in [0.15, 0.2) is 24.3 Å². The van der Waals surface area contributed by atoms with Crippen molar-refractivity contribution in [3.05, 3.63) is 29.3 Å². The number of rotatable bonds is 9. The van der Waals surface area contributed by atoms with E-state index in [0.717, 1.165) is 0 Å². The Balaban J connectivity index is 1.93. The molecular weight excluding hydrogens is 368 g/mol. The maximum atomic E-state index is 12.5. The van der Waals surface area contributed by atoms with Crippen LogP contribution in [0.5, 0.6) is 0 Å². The van der Waals surface area contributed by atoms with Crippen LogP contribution >= 0.6 is 11.6 Å². The number of anilines is 1. The van der Waals surface area contributed by atoms with Gasteiger partial charge in [-0.15, -0.1) is 0 Å². The van der Waals surface area contributed by atoms with Crippen LogP contribution in [0.4, 0.5) is 5.69 Å². The molecule has 1 amide bonds. The first-order valence-corrected chi connectivity index (χ1v) is 10.1. The molecule has 0 bridgehead atoms. The van der Waals surface area contributed by atoms with Gasteiger partial charge in [-0.2, -0.15) is 4.31 Å². The van der Waals surface area contributed by atoms with Gasteiger partial charge in [0.15, 0.2) is 0 Å². The zero-order valence-electron chi connectivity index (χ0n) is 14.1. The number of ether oxygens (including phenoxy) is 2. The van der Waals surface area contributed by atoms with Gasteiger partial charge in [0.25, 0.3) is 0 Å². The molecule has 1 saturated heterocycles. The normalized spacial score (nSPS) is 18.4. The van der Waals surface area contributed by atoms with Crippen molar-refractivity contribution >= 4 is 33.2 Å². The summed E-state index contributed by atoms with van der Waals surface area (Å²) in [6.07, 6.45) is 1.16. The summed E-state index contributed by atoms with van der Waals surface area (Å²) in [7, 11) is -2.00. The molecule has 9 heteroatoms. The summed E-state index contributed by atoms with van der Waals surface area (Å²) in [6, 6.07) is 5.99. The molecule has 1 aliphatic heterocycles. The van der Waals surface area contributed by atoms with Crippen molar-refractivity contribution in [3.8, 4) is 0 Å². The lowest BCUT2D eigenvalue weighted by atomic mass is 10.2. The summed E-state index contributed by atoms with van der Waals surface area (Å²) in [6.45, 7) is 1.18. The Morgan fingerprint density at radius 1 is 1.28 bits per heavy atom. The largest absolute Gasteiger partial charge is 0.382 e. The molecule has 1 heterocycles. The highest BCUT2D eigenvalue weighted by Gasteiger charge is 2.38. The molecule has 0 aliphatic carbocycles. The van der Waals surface area contributed by atoms with Crippen molar-refractivity contribution in [3.63, 3.8) is 0 Å². The molecule has 140 valence electrons. The number of nitrogens with one attached hydrogen (secondary N) is 1. The van der Waals surface area contributed by atoms with Gasteiger partial charge in [0.2, 0.25) is 15.9 Å². The summed E-state index contributed by atoms with van der Waals surface area (Å²) in [4.78, 5) is 12.5. The predicted molar refractivity (Wildman–Crippen MR) is 96.3 cm³/mol. The first-order chi connectivity index (χ1) is 11.9. The van der Waals surface area contributed by atoms with E-state index in [1.165, 1.54) is 4.31 Å². The van der Waals surface area contributed by atoms with Gasteiger partial charge in [0.05, 0.1) is 25.6 Å². The highest BCUT2D eigenvalue weighted by molar-refractivity contribution is 7.89. The second-order valence-corrected chi connectivity index (χ2v) is 8.16. The number of sulfonamides is 1. The Morgan fingerprint density at radius 3 is 2.68 bits per heavy atom. The fourth-order valence-electron chi connectivity index (χ4n) is 2.62. The lowest BCUT2D eigenvalue weighted by molar-refractivity contribution is -0.119. The number of amides is 1. The van der Waals surface area contributed by atoms with Crippen molar-refractivity contribution in [1.82, 2.24) is 4.31 Å². The van der Waals surface area contributed by atoms with Crippen molar-refractivity contribution in [2.75, 3.05) is 44.5 Å². The summed E-state index contributed by atoms with van der Waals surface area (Å²) in [5.74, 6) is -0.481. The first-order valence-electron chi connectivity index (χ1n) is 8.06.